The van der Waals surface area contributed by atoms with Crippen LogP contribution in [0.25, 0.3) is 11.3 Å². The second-order valence-corrected chi connectivity index (χ2v) is 6.80. The molecule has 3 rings (SSSR count). The smallest absolute Gasteiger partial charge is 0.223 e. The van der Waals surface area contributed by atoms with Crippen molar-refractivity contribution in [1.29, 1.82) is 0 Å². The molecule has 0 spiro atoms. The molecule has 5 nitrogen and oxygen atoms in total. The van der Waals surface area contributed by atoms with Gasteiger partial charge in [0.2, 0.25) is 5.91 Å². The van der Waals surface area contributed by atoms with E-state index in [-0.39, 0.29) is 36.6 Å². The van der Waals surface area contributed by atoms with Gasteiger partial charge in [-0.1, -0.05) is 6.07 Å². The number of nitrogens with one attached hydrogen (secondary N) is 2. The summed E-state index contributed by atoms with van der Waals surface area (Å²) in [6.45, 7) is 0.467. The maximum atomic E-state index is 12.5. The van der Waals surface area contributed by atoms with Crippen molar-refractivity contribution in [3.63, 3.8) is 0 Å². The molecule has 1 aliphatic carbocycles. The third-order valence-corrected chi connectivity index (χ3v) is 5.20. The van der Waals surface area contributed by atoms with Crippen LogP contribution in [0.1, 0.15) is 31.2 Å². The average Bonchev–Trinajstić information content (AvgIpc) is 2.72. The molecule has 0 saturated heterocycles. The zero-order valence-corrected chi connectivity index (χ0v) is 17.9. The molecule has 154 valence electrons. The summed E-state index contributed by atoms with van der Waals surface area (Å²) in [6, 6.07) is 12.4. The molecule has 0 radical (unpaired) electrons. The van der Waals surface area contributed by atoms with Crippen molar-refractivity contribution >= 4 is 30.7 Å². The SMILES string of the molecule is CNC1CCC(C(=O)NCc2cc(-c3ccccn3)ccc2OC)CC1.Cl.Cl. The van der Waals surface area contributed by atoms with Gasteiger partial charge in [-0.3, -0.25) is 9.78 Å². The minimum absolute atomic E-state index is 0. The number of benzene rings is 1. The molecule has 0 atom stereocenters. The van der Waals surface area contributed by atoms with E-state index in [4.69, 9.17) is 4.74 Å². The molecule has 1 fully saturated rings. The molecule has 2 aromatic rings. The van der Waals surface area contributed by atoms with Crippen LogP contribution in [-0.4, -0.2) is 31.1 Å². The van der Waals surface area contributed by atoms with Crippen LogP contribution in [0.4, 0.5) is 0 Å². The van der Waals surface area contributed by atoms with Gasteiger partial charge in [-0.15, -0.1) is 24.8 Å². The first-order valence-electron chi connectivity index (χ1n) is 9.24. The van der Waals surface area contributed by atoms with Gasteiger partial charge < -0.3 is 15.4 Å². The molecule has 1 aromatic carbocycles. The standard InChI is InChI=1S/C21H27N3O2.2ClH/c1-22-18-9-6-15(7-10-18)21(25)24-14-17-13-16(8-11-20(17)26-2)19-5-3-4-12-23-19;;/h3-5,8,11-13,15,18,22H,6-7,9-10,14H2,1-2H3,(H,24,25);2*1H. The molecule has 0 aliphatic heterocycles. The Morgan fingerprint density at radius 3 is 2.50 bits per heavy atom. The Hall–Kier alpha value is -1.82. The summed E-state index contributed by atoms with van der Waals surface area (Å²) in [6.07, 6.45) is 5.80. The highest BCUT2D eigenvalue weighted by Gasteiger charge is 2.25. The van der Waals surface area contributed by atoms with E-state index in [0.717, 1.165) is 48.3 Å². The minimum Gasteiger partial charge on any atom is -0.496 e. The number of halogens is 2. The summed E-state index contributed by atoms with van der Waals surface area (Å²) in [5.74, 6) is 1.04. The monoisotopic (exact) mass is 425 g/mol. The Balaban J connectivity index is 0.00000196. The van der Waals surface area contributed by atoms with E-state index in [1.807, 2.05) is 43.4 Å². The van der Waals surface area contributed by atoms with E-state index in [2.05, 4.69) is 15.6 Å². The Bertz CT molecular complexity index is 736. The number of pyridine rings is 1. The normalized spacial score (nSPS) is 18.4. The fourth-order valence-electron chi connectivity index (χ4n) is 3.58. The van der Waals surface area contributed by atoms with Gasteiger partial charge in [0.15, 0.2) is 0 Å². The first-order chi connectivity index (χ1) is 12.7. The fourth-order valence-corrected chi connectivity index (χ4v) is 3.58. The third-order valence-electron chi connectivity index (χ3n) is 5.20. The van der Waals surface area contributed by atoms with Gasteiger partial charge in [0.05, 0.1) is 12.8 Å². The summed E-state index contributed by atoms with van der Waals surface area (Å²) >= 11 is 0. The van der Waals surface area contributed by atoms with Gasteiger partial charge in [-0.05, 0) is 63.1 Å². The number of hydrogen-bond acceptors (Lipinski definition) is 4. The quantitative estimate of drug-likeness (QED) is 0.733. The van der Waals surface area contributed by atoms with Gasteiger partial charge in [0.25, 0.3) is 0 Å². The maximum Gasteiger partial charge on any atom is 0.223 e. The number of ether oxygens (including phenoxy) is 1. The number of methoxy groups -OCH3 is 1. The molecule has 0 bridgehead atoms. The van der Waals surface area contributed by atoms with E-state index < -0.39 is 0 Å². The van der Waals surface area contributed by atoms with E-state index in [0.29, 0.717) is 12.6 Å². The summed E-state index contributed by atoms with van der Waals surface area (Å²) in [7, 11) is 3.64. The molecule has 0 unspecified atom stereocenters. The van der Waals surface area contributed by atoms with E-state index in [9.17, 15) is 4.79 Å². The van der Waals surface area contributed by atoms with Crippen LogP contribution in [0.3, 0.4) is 0 Å². The topological polar surface area (TPSA) is 63.2 Å². The molecule has 28 heavy (non-hydrogen) atoms. The van der Waals surface area contributed by atoms with Crippen molar-refractivity contribution in [3.8, 4) is 17.0 Å². The zero-order chi connectivity index (χ0) is 18.4. The number of hydrogen-bond donors (Lipinski definition) is 2. The molecule has 1 saturated carbocycles. The minimum atomic E-state index is 0. The number of amides is 1. The van der Waals surface area contributed by atoms with Crippen LogP contribution >= 0.6 is 24.8 Å². The number of carbonyl (C=O) groups is 1. The van der Waals surface area contributed by atoms with Gasteiger partial charge in [0, 0.05) is 35.8 Å². The van der Waals surface area contributed by atoms with Gasteiger partial charge in [-0.25, -0.2) is 0 Å². The lowest BCUT2D eigenvalue weighted by molar-refractivity contribution is -0.126. The highest BCUT2D eigenvalue weighted by Crippen LogP contribution is 2.27. The fraction of sp³-hybridized carbons (Fsp3) is 0.429. The second kappa shape index (κ2) is 11.9. The highest BCUT2D eigenvalue weighted by molar-refractivity contribution is 5.85. The van der Waals surface area contributed by atoms with Crippen molar-refractivity contribution in [2.45, 2.75) is 38.3 Å². The van der Waals surface area contributed by atoms with Gasteiger partial charge in [-0.2, -0.15) is 0 Å². The lowest BCUT2D eigenvalue weighted by Crippen LogP contribution is -2.37. The van der Waals surface area contributed by atoms with Gasteiger partial charge in [0.1, 0.15) is 5.75 Å². The van der Waals surface area contributed by atoms with E-state index in [1.54, 1.807) is 13.3 Å². The van der Waals surface area contributed by atoms with Crippen molar-refractivity contribution in [2.24, 2.45) is 5.92 Å². The van der Waals surface area contributed by atoms with Crippen molar-refractivity contribution in [3.05, 3.63) is 48.2 Å². The van der Waals surface area contributed by atoms with Crippen molar-refractivity contribution in [2.75, 3.05) is 14.2 Å². The number of nitrogens with zero attached hydrogens (tertiary/aromatic N) is 1. The lowest BCUT2D eigenvalue weighted by Gasteiger charge is -2.27. The summed E-state index contributed by atoms with van der Waals surface area (Å²) in [5, 5.41) is 6.40. The zero-order valence-electron chi connectivity index (χ0n) is 16.3. The number of aromatic nitrogens is 1. The first kappa shape index (κ1) is 24.2. The van der Waals surface area contributed by atoms with Gasteiger partial charge >= 0.3 is 0 Å². The lowest BCUT2D eigenvalue weighted by atomic mass is 9.85. The number of rotatable bonds is 6. The van der Waals surface area contributed by atoms with Crippen molar-refractivity contribution < 1.29 is 9.53 Å². The predicted octanol–water partition coefficient (Wildman–Crippen LogP) is 4.00. The van der Waals surface area contributed by atoms with Crippen LogP contribution in [0.15, 0.2) is 42.6 Å². The molecule has 1 heterocycles. The molecule has 1 amide bonds. The maximum absolute atomic E-state index is 12.5. The first-order valence-corrected chi connectivity index (χ1v) is 9.24. The summed E-state index contributed by atoms with van der Waals surface area (Å²) < 4.78 is 5.46. The van der Waals surface area contributed by atoms with Crippen LogP contribution in [-0.2, 0) is 11.3 Å². The largest absolute Gasteiger partial charge is 0.496 e. The Morgan fingerprint density at radius 2 is 1.89 bits per heavy atom. The van der Waals surface area contributed by atoms with Crippen LogP contribution < -0.4 is 15.4 Å². The molecule has 2 N–H and O–H groups in total. The summed E-state index contributed by atoms with van der Waals surface area (Å²) in [5.41, 5.74) is 2.89. The van der Waals surface area contributed by atoms with E-state index >= 15 is 0 Å². The molecule has 7 heteroatoms. The molecule has 1 aromatic heterocycles. The Morgan fingerprint density at radius 1 is 1.14 bits per heavy atom. The Labute approximate surface area is 179 Å². The van der Waals surface area contributed by atoms with Crippen LogP contribution in [0, 0.1) is 5.92 Å². The summed E-state index contributed by atoms with van der Waals surface area (Å²) in [4.78, 5) is 16.9. The third kappa shape index (κ3) is 6.09. The highest BCUT2D eigenvalue weighted by atomic mass is 35.5. The van der Waals surface area contributed by atoms with Crippen LogP contribution in [0.2, 0.25) is 0 Å². The number of carbonyl (C=O) groups excluding carboxylic acids is 1. The predicted molar refractivity (Wildman–Crippen MR) is 117 cm³/mol. The molecular weight excluding hydrogens is 397 g/mol. The Kier molecular flexibility index (Phi) is 10.3. The average molecular weight is 426 g/mol. The second-order valence-electron chi connectivity index (χ2n) is 6.80. The van der Waals surface area contributed by atoms with E-state index in [1.165, 1.54) is 0 Å². The van der Waals surface area contributed by atoms with Crippen LogP contribution in [0.5, 0.6) is 5.75 Å². The molecular formula is C21H29Cl2N3O2. The molecule has 1 aliphatic rings. The van der Waals surface area contributed by atoms with Crippen molar-refractivity contribution in [1.82, 2.24) is 15.6 Å².